The van der Waals surface area contributed by atoms with E-state index in [0.717, 1.165) is 19.3 Å². The first-order chi connectivity index (χ1) is 12.7. The molecule has 0 nitrogen and oxygen atoms in total. The van der Waals surface area contributed by atoms with Crippen molar-refractivity contribution in [3.63, 3.8) is 0 Å². The Balaban J connectivity index is 2.08. The molecule has 4 rings (SSSR count). The predicted molar refractivity (Wildman–Crippen MR) is 113 cm³/mol. The van der Waals surface area contributed by atoms with Gasteiger partial charge in [-0.2, -0.15) is 0 Å². The largest absolute Gasteiger partial charge is 0.0801 e. The predicted octanol–water partition coefficient (Wildman–Crippen LogP) is 5.53. The second-order valence-corrected chi connectivity index (χ2v) is 7.79. The molecule has 0 N–H and O–H groups in total. The monoisotopic (exact) mass is 342 g/mol. The molecule has 0 aliphatic heterocycles. The summed E-state index contributed by atoms with van der Waals surface area (Å²) in [5.74, 6) is 0. The van der Waals surface area contributed by atoms with Gasteiger partial charge in [0.1, 0.15) is 0 Å². The minimum Gasteiger partial charge on any atom is -0.0801 e. The summed E-state index contributed by atoms with van der Waals surface area (Å²) in [5.41, 5.74) is 9.27. The van der Waals surface area contributed by atoms with E-state index in [9.17, 15) is 0 Å². The summed E-state index contributed by atoms with van der Waals surface area (Å²) in [6.45, 7) is 9.28. The van der Waals surface area contributed by atoms with Crippen LogP contribution in [0.25, 0.3) is 11.6 Å². The summed E-state index contributed by atoms with van der Waals surface area (Å²) in [7, 11) is 0. The van der Waals surface area contributed by atoms with Gasteiger partial charge in [0.05, 0.1) is 0 Å². The van der Waals surface area contributed by atoms with Gasteiger partial charge in [-0.25, -0.2) is 0 Å². The number of fused-ring (bicyclic) bond motifs is 2. The van der Waals surface area contributed by atoms with Crippen molar-refractivity contribution in [2.24, 2.45) is 5.41 Å². The Morgan fingerprint density at radius 1 is 1.00 bits per heavy atom. The molecule has 1 aromatic rings. The van der Waals surface area contributed by atoms with Crippen LogP contribution in [-0.2, 0) is 6.42 Å². The molecular formula is C26H30. The van der Waals surface area contributed by atoms with E-state index in [1.807, 2.05) is 0 Å². The van der Waals surface area contributed by atoms with Gasteiger partial charge >= 0.3 is 0 Å². The second kappa shape index (κ2) is 6.58. The van der Waals surface area contributed by atoms with Crippen LogP contribution in [0.1, 0.15) is 58.9 Å². The van der Waals surface area contributed by atoms with Crippen LogP contribution in [0.15, 0.2) is 64.8 Å². The number of hydrogen-bond acceptors (Lipinski definition) is 0. The number of hydrogen-bond donors (Lipinski definition) is 0. The Kier molecular flexibility index (Phi) is 4.39. The molecule has 0 spiro atoms. The maximum atomic E-state index is 2.62. The summed E-state index contributed by atoms with van der Waals surface area (Å²) in [6.07, 6.45) is 17.6. The number of aryl methyl sites for hydroxylation is 1. The normalized spacial score (nSPS) is 19.9. The third-order valence-corrected chi connectivity index (χ3v) is 6.64. The first-order valence-corrected chi connectivity index (χ1v) is 10.4. The Morgan fingerprint density at radius 3 is 2.42 bits per heavy atom. The van der Waals surface area contributed by atoms with Gasteiger partial charge in [0.2, 0.25) is 0 Å². The van der Waals surface area contributed by atoms with Crippen LogP contribution in [-0.4, -0.2) is 0 Å². The lowest BCUT2D eigenvalue weighted by Crippen LogP contribution is -2.28. The topological polar surface area (TPSA) is 0 Å². The zero-order valence-corrected chi connectivity index (χ0v) is 16.7. The first kappa shape index (κ1) is 17.3. The molecule has 0 heterocycles. The van der Waals surface area contributed by atoms with Crippen LogP contribution in [0.5, 0.6) is 0 Å². The van der Waals surface area contributed by atoms with Crippen molar-refractivity contribution in [2.75, 3.05) is 0 Å². The summed E-state index contributed by atoms with van der Waals surface area (Å²) in [6, 6.07) is 7.08. The Labute approximate surface area is 158 Å². The van der Waals surface area contributed by atoms with Crippen molar-refractivity contribution < 1.29 is 0 Å². The Bertz CT molecular complexity index is 985. The lowest BCUT2D eigenvalue weighted by atomic mass is 9.64. The fraction of sp³-hybridized carbons (Fsp3) is 0.385. The second-order valence-electron chi connectivity index (χ2n) is 7.79. The Morgan fingerprint density at radius 2 is 1.81 bits per heavy atom. The molecule has 0 aromatic heterocycles. The van der Waals surface area contributed by atoms with Gasteiger partial charge in [-0.15, -0.1) is 0 Å². The highest BCUT2D eigenvalue weighted by Gasteiger charge is 2.38. The zero-order valence-electron chi connectivity index (χ0n) is 16.7. The van der Waals surface area contributed by atoms with Crippen molar-refractivity contribution in [1.82, 2.24) is 0 Å². The van der Waals surface area contributed by atoms with Crippen molar-refractivity contribution in [2.45, 2.75) is 59.8 Å². The smallest absolute Gasteiger partial charge is 0.0142 e. The average molecular weight is 343 g/mol. The van der Waals surface area contributed by atoms with Crippen LogP contribution in [0.3, 0.4) is 0 Å². The molecule has 0 saturated carbocycles. The highest BCUT2D eigenvalue weighted by molar-refractivity contribution is 5.94. The summed E-state index contributed by atoms with van der Waals surface area (Å²) >= 11 is 0. The molecule has 0 saturated heterocycles. The molecule has 0 unspecified atom stereocenters. The maximum absolute atomic E-state index is 2.62. The maximum Gasteiger partial charge on any atom is 0.0142 e. The van der Waals surface area contributed by atoms with Gasteiger partial charge in [0.25, 0.3) is 0 Å². The van der Waals surface area contributed by atoms with Crippen LogP contribution in [0.2, 0.25) is 0 Å². The average Bonchev–Trinajstić information content (AvgIpc) is 3.33. The van der Waals surface area contributed by atoms with E-state index < -0.39 is 0 Å². The highest BCUT2D eigenvalue weighted by atomic mass is 14.4. The fourth-order valence-electron chi connectivity index (χ4n) is 5.05. The molecule has 0 heteroatoms. The molecule has 3 aliphatic carbocycles. The minimum absolute atomic E-state index is 0.175. The molecule has 3 aliphatic rings. The third-order valence-electron chi connectivity index (χ3n) is 6.64. The molecule has 0 bridgehead atoms. The van der Waals surface area contributed by atoms with Crippen LogP contribution < -0.4 is 10.4 Å². The number of rotatable bonds is 5. The molecule has 1 aromatic carbocycles. The van der Waals surface area contributed by atoms with E-state index in [4.69, 9.17) is 0 Å². The highest BCUT2D eigenvalue weighted by Crippen LogP contribution is 2.52. The summed E-state index contributed by atoms with van der Waals surface area (Å²) in [5, 5.41) is 2.86. The van der Waals surface area contributed by atoms with Gasteiger partial charge in [0, 0.05) is 5.41 Å². The molecule has 0 amide bonds. The van der Waals surface area contributed by atoms with E-state index in [0.29, 0.717) is 0 Å². The zero-order chi connectivity index (χ0) is 18.3. The third kappa shape index (κ3) is 2.42. The fourth-order valence-corrected chi connectivity index (χ4v) is 5.05. The van der Waals surface area contributed by atoms with Gasteiger partial charge in [-0.05, 0) is 82.0 Å². The quantitative estimate of drug-likeness (QED) is 0.660. The van der Waals surface area contributed by atoms with Gasteiger partial charge < -0.3 is 0 Å². The van der Waals surface area contributed by atoms with E-state index in [-0.39, 0.29) is 5.41 Å². The van der Waals surface area contributed by atoms with Crippen molar-refractivity contribution in [3.05, 3.63) is 80.8 Å². The van der Waals surface area contributed by atoms with Crippen molar-refractivity contribution in [3.8, 4) is 0 Å². The van der Waals surface area contributed by atoms with Gasteiger partial charge in [-0.3, -0.25) is 0 Å². The minimum atomic E-state index is 0.175. The first-order valence-electron chi connectivity index (χ1n) is 10.4. The number of allylic oxidation sites excluding steroid dienone is 8. The standard InChI is InChI=1S/C26H30/c1-5-18-13-14-22-21(15-18)16-23-24(22)19(6-2)17-26(7-3,8-4)25(23)20-11-9-10-12-20/h9-11,13-17H,5-8,12H2,1-4H3. The molecule has 134 valence electrons. The van der Waals surface area contributed by atoms with E-state index >= 15 is 0 Å². The molecule has 0 fully saturated rings. The van der Waals surface area contributed by atoms with Crippen LogP contribution >= 0.6 is 0 Å². The Hall–Kier alpha value is -2.08. The number of benzene rings is 1. The van der Waals surface area contributed by atoms with Crippen molar-refractivity contribution >= 4 is 11.6 Å². The SMILES string of the molecule is CCC1=CC(CC)(CC)C(C2=CC=CC2)=C2C=c3cc(CC)ccc3=C12. The van der Waals surface area contributed by atoms with Gasteiger partial charge in [-0.1, -0.05) is 70.2 Å². The van der Waals surface area contributed by atoms with E-state index in [1.54, 1.807) is 11.1 Å². The summed E-state index contributed by atoms with van der Waals surface area (Å²) in [4.78, 5) is 0. The molecule has 0 radical (unpaired) electrons. The molecule has 0 atom stereocenters. The molecule has 26 heavy (non-hydrogen) atoms. The van der Waals surface area contributed by atoms with Crippen molar-refractivity contribution in [1.29, 1.82) is 0 Å². The van der Waals surface area contributed by atoms with E-state index in [1.165, 1.54) is 45.6 Å². The van der Waals surface area contributed by atoms with Crippen LogP contribution in [0, 0.1) is 5.41 Å². The molecular weight excluding hydrogens is 312 g/mol. The summed E-state index contributed by atoms with van der Waals surface area (Å²) < 4.78 is 0. The van der Waals surface area contributed by atoms with Gasteiger partial charge in [0.15, 0.2) is 0 Å². The lowest BCUT2D eigenvalue weighted by Gasteiger charge is -2.39. The lowest BCUT2D eigenvalue weighted by molar-refractivity contribution is 0.423. The van der Waals surface area contributed by atoms with E-state index in [2.05, 4.69) is 76.3 Å². The van der Waals surface area contributed by atoms with Crippen LogP contribution in [0.4, 0.5) is 0 Å².